The van der Waals surface area contributed by atoms with Crippen molar-refractivity contribution in [1.29, 1.82) is 0 Å². The van der Waals surface area contributed by atoms with E-state index < -0.39 is 0 Å². The Morgan fingerprint density at radius 2 is 1.73 bits per heavy atom. The highest BCUT2D eigenvalue weighted by Gasteiger charge is 2.12. The first kappa shape index (κ1) is 26.1. The molecule has 10 heteroatoms. The quantitative estimate of drug-likeness (QED) is 0.212. The summed E-state index contributed by atoms with van der Waals surface area (Å²) in [4.78, 5) is 6.73. The number of benzene rings is 2. The highest BCUT2D eigenvalue weighted by Crippen LogP contribution is 2.33. The Morgan fingerprint density at radius 1 is 0.939 bits per heavy atom. The van der Waals surface area contributed by atoms with Gasteiger partial charge in [0.15, 0.2) is 16.3 Å². The fourth-order valence-corrected chi connectivity index (χ4v) is 5.64. The molecule has 174 valence electrons. The number of nitrogens with zero attached hydrogens (tertiary/aromatic N) is 2. The Bertz CT molecular complexity index is 1320. The standard InChI is InChI=1S/C23H19Cl3N2O2S2.BrH/c1-29-19-6-3-14(11-20(19)30-2)9-10-28-18(21-7-8-22(26)32-21)13-31-23(28)27-17-12-15(24)4-5-16(17)25;/h3-8,11-13H,9-10H2,1-2H3;1H. The summed E-state index contributed by atoms with van der Waals surface area (Å²) >= 11 is 21.8. The van der Waals surface area contributed by atoms with Crippen molar-refractivity contribution in [3.63, 3.8) is 0 Å². The van der Waals surface area contributed by atoms with Crippen molar-refractivity contribution in [1.82, 2.24) is 4.57 Å². The van der Waals surface area contributed by atoms with Gasteiger partial charge in [-0.05, 0) is 54.4 Å². The summed E-state index contributed by atoms with van der Waals surface area (Å²) in [6.45, 7) is 0.709. The van der Waals surface area contributed by atoms with Crippen molar-refractivity contribution in [2.24, 2.45) is 4.99 Å². The molecule has 0 aliphatic heterocycles. The molecule has 0 fully saturated rings. The van der Waals surface area contributed by atoms with E-state index in [1.807, 2.05) is 30.3 Å². The number of aromatic nitrogens is 1. The van der Waals surface area contributed by atoms with Gasteiger partial charge in [-0.2, -0.15) is 0 Å². The summed E-state index contributed by atoms with van der Waals surface area (Å²) in [5.41, 5.74) is 2.82. The number of ether oxygens (including phenoxy) is 2. The Balaban J connectivity index is 0.00000306. The molecule has 0 radical (unpaired) electrons. The molecule has 0 aliphatic carbocycles. The van der Waals surface area contributed by atoms with Crippen molar-refractivity contribution in [3.8, 4) is 22.1 Å². The van der Waals surface area contributed by atoms with E-state index in [-0.39, 0.29) is 17.0 Å². The largest absolute Gasteiger partial charge is 0.493 e. The van der Waals surface area contributed by atoms with Crippen LogP contribution >= 0.6 is 74.5 Å². The molecule has 0 bridgehead atoms. The van der Waals surface area contributed by atoms with Crippen molar-refractivity contribution >= 4 is 80.1 Å². The number of halogens is 4. The molecule has 0 atom stereocenters. The molecule has 2 aromatic heterocycles. The first-order valence-electron chi connectivity index (χ1n) is 9.63. The third-order valence-corrected chi connectivity index (χ3v) is 7.49. The minimum Gasteiger partial charge on any atom is -0.493 e. The molecule has 2 heterocycles. The van der Waals surface area contributed by atoms with E-state index in [0.717, 1.165) is 31.7 Å². The van der Waals surface area contributed by atoms with Crippen LogP contribution in [0.1, 0.15) is 5.56 Å². The van der Waals surface area contributed by atoms with Crippen LogP contribution in [-0.2, 0) is 13.0 Å². The molecule has 0 aliphatic rings. The second kappa shape index (κ2) is 11.8. The molecular weight excluding hydrogens is 587 g/mol. The summed E-state index contributed by atoms with van der Waals surface area (Å²) < 4.78 is 13.7. The van der Waals surface area contributed by atoms with Crippen LogP contribution in [0.4, 0.5) is 5.69 Å². The zero-order valence-electron chi connectivity index (χ0n) is 17.7. The van der Waals surface area contributed by atoms with Crippen molar-refractivity contribution in [3.05, 3.63) is 78.7 Å². The lowest BCUT2D eigenvalue weighted by Gasteiger charge is -2.11. The van der Waals surface area contributed by atoms with E-state index in [4.69, 9.17) is 49.3 Å². The maximum atomic E-state index is 6.36. The zero-order chi connectivity index (χ0) is 22.7. The van der Waals surface area contributed by atoms with E-state index in [1.165, 1.54) is 11.3 Å². The number of thiazole rings is 1. The van der Waals surface area contributed by atoms with Gasteiger partial charge in [0.25, 0.3) is 0 Å². The SMILES string of the molecule is Br.COc1ccc(CCn2c(-c3ccc(Cl)s3)csc2=Nc2cc(Cl)ccc2Cl)cc1OC. The predicted molar refractivity (Wildman–Crippen MR) is 146 cm³/mol. The van der Waals surface area contributed by atoms with Crippen LogP contribution in [0.2, 0.25) is 14.4 Å². The monoisotopic (exact) mass is 604 g/mol. The molecule has 0 saturated heterocycles. The smallest absolute Gasteiger partial charge is 0.190 e. The maximum Gasteiger partial charge on any atom is 0.190 e. The number of hydrogen-bond acceptors (Lipinski definition) is 5. The molecular formula is C23H20BrCl3N2O2S2. The van der Waals surface area contributed by atoms with Crippen molar-refractivity contribution in [2.45, 2.75) is 13.0 Å². The van der Waals surface area contributed by atoms with E-state index in [0.29, 0.717) is 33.8 Å². The van der Waals surface area contributed by atoms with E-state index in [2.05, 4.69) is 9.95 Å². The van der Waals surface area contributed by atoms with Crippen LogP contribution in [0.5, 0.6) is 11.5 Å². The Kier molecular flexibility index (Phi) is 9.33. The number of methoxy groups -OCH3 is 2. The Morgan fingerprint density at radius 3 is 2.42 bits per heavy atom. The average Bonchev–Trinajstić information content (AvgIpc) is 3.40. The van der Waals surface area contributed by atoms with Gasteiger partial charge in [0, 0.05) is 16.9 Å². The fourth-order valence-electron chi connectivity index (χ4n) is 3.24. The van der Waals surface area contributed by atoms with Crippen molar-refractivity contribution in [2.75, 3.05) is 14.2 Å². The molecule has 4 nitrogen and oxygen atoms in total. The summed E-state index contributed by atoms with van der Waals surface area (Å²) in [6.07, 6.45) is 0.777. The summed E-state index contributed by atoms with van der Waals surface area (Å²) in [5.74, 6) is 1.42. The lowest BCUT2D eigenvalue weighted by atomic mass is 10.1. The highest BCUT2D eigenvalue weighted by molar-refractivity contribution is 8.93. The number of aryl methyl sites for hydroxylation is 1. The first-order valence-corrected chi connectivity index (χ1v) is 12.5. The molecule has 4 aromatic rings. The molecule has 2 aromatic carbocycles. The van der Waals surface area contributed by atoms with E-state index >= 15 is 0 Å². The minimum absolute atomic E-state index is 0. The second-order valence-electron chi connectivity index (χ2n) is 6.81. The fraction of sp³-hybridized carbons (Fsp3) is 0.174. The zero-order valence-corrected chi connectivity index (χ0v) is 23.3. The number of rotatable bonds is 7. The van der Waals surface area contributed by atoms with Gasteiger partial charge in [0.1, 0.15) is 0 Å². The number of thiophene rings is 1. The molecule has 4 rings (SSSR count). The van der Waals surface area contributed by atoms with Gasteiger partial charge in [-0.1, -0.05) is 40.9 Å². The van der Waals surface area contributed by atoms with Gasteiger partial charge in [0.2, 0.25) is 0 Å². The topological polar surface area (TPSA) is 35.8 Å². The highest BCUT2D eigenvalue weighted by atomic mass is 79.9. The summed E-state index contributed by atoms with van der Waals surface area (Å²) in [7, 11) is 3.27. The van der Waals surface area contributed by atoms with Crippen LogP contribution < -0.4 is 14.3 Å². The van der Waals surface area contributed by atoms with Crippen LogP contribution in [0.15, 0.2) is 58.9 Å². The van der Waals surface area contributed by atoms with Gasteiger partial charge in [-0.15, -0.1) is 39.7 Å². The maximum absolute atomic E-state index is 6.36. The molecule has 0 N–H and O–H groups in total. The second-order valence-corrected chi connectivity index (χ2v) is 10.2. The normalized spacial score (nSPS) is 11.4. The van der Waals surface area contributed by atoms with Gasteiger partial charge >= 0.3 is 0 Å². The summed E-state index contributed by atoms with van der Waals surface area (Å²) in [6, 6.07) is 15.2. The molecule has 0 unspecified atom stereocenters. The van der Waals surface area contributed by atoms with Crippen LogP contribution in [0.3, 0.4) is 0 Å². The minimum atomic E-state index is 0. The third-order valence-electron chi connectivity index (χ3n) is 4.82. The lowest BCUT2D eigenvalue weighted by molar-refractivity contribution is 0.354. The van der Waals surface area contributed by atoms with E-state index in [1.54, 1.807) is 43.8 Å². The van der Waals surface area contributed by atoms with Crippen LogP contribution in [-0.4, -0.2) is 18.8 Å². The van der Waals surface area contributed by atoms with Gasteiger partial charge < -0.3 is 14.0 Å². The average molecular weight is 607 g/mol. The molecule has 0 spiro atoms. The van der Waals surface area contributed by atoms with Crippen LogP contribution in [0, 0.1) is 0 Å². The van der Waals surface area contributed by atoms with Crippen molar-refractivity contribution < 1.29 is 9.47 Å². The molecule has 33 heavy (non-hydrogen) atoms. The number of hydrogen-bond donors (Lipinski definition) is 0. The Hall–Kier alpha value is -1.48. The Labute approximate surface area is 225 Å². The van der Waals surface area contributed by atoms with Gasteiger partial charge in [-0.3, -0.25) is 0 Å². The van der Waals surface area contributed by atoms with E-state index in [9.17, 15) is 0 Å². The first-order chi connectivity index (χ1) is 15.5. The summed E-state index contributed by atoms with van der Waals surface area (Å²) in [5, 5.41) is 3.23. The predicted octanol–water partition coefficient (Wildman–Crippen LogP) is 8.31. The molecule has 0 amide bonds. The van der Waals surface area contributed by atoms with Crippen LogP contribution in [0.25, 0.3) is 10.6 Å². The van der Waals surface area contributed by atoms with Gasteiger partial charge in [-0.25, -0.2) is 4.99 Å². The van der Waals surface area contributed by atoms with Gasteiger partial charge in [0.05, 0.1) is 39.8 Å². The molecule has 0 saturated carbocycles. The third kappa shape index (κ3) is 6.15. The lowest BCUT2D eigenvalue weighted by Crippen LogP contribution is -2.17.